The van der Waals surface area contributed by atoms with Gasteiger partial charge in [-0.1, -0.05) is 50.9 Å². The van der Waals surface area contributed by atoms with Crippen LogP contribution < -0.4 is 0 Å². The van der Waals surface area contributed by atoms with E-state index in [1.807, 2.05) is 20.8 Å². The van der Waals surface area contributed by atoms with Crippen LogP contribution >= 0.6 is 23.2 Å². The first kappa shape index (κ1) is 40.1. The summed E-state index contributed by atoms with van der Waals surface area (Å²) < 4.78 is 94.5. The number of alkyl halides is 6. The van der Waals surface area contributed by atoms with Gasteiger partial charge in [0.15, 0.2) is 14.0 Å². The van der Waals surface area contributed by atoms with Crippen LogP contribution in [0.4, 0.5) is 26.3 Å². The minimum absolute atomic E-state index is 0.0241. The fourth-order valence-corrected chi connectivity index (χ4v) is 9.81. The van der Waals surface area contributed by atoms with Crippen molar-refractivity contribution >= 4 is 43.4 Å². The molecule has 0 aliphatic heterocycles. The van der Waals surface area contributed by atoms with Crippen molar-refractivity contribution in [2.45, 2.75) is 103 Å². The average molecular weight is 748 g/mol. The zero-order valence-corrected chi connectivity index (χ0v) is 30.2. The zero-order chi connectivity index (χ0) is 36.4. The first-order valence-electron chi connectivity index (χ1n) is 15.8. The molecule has 4 atom stereocenters. The molecule has 1 saturated carbocycles. The molecule has 0 saturated heterocycles. The summed E-state index contributed by atoms with van der Waals surface area (Å²) in [5.41, 5.74) is -4.72. The number of carboxylic acid groups (broad SMARTS) is 1. The molecule has 3 rings (SSSR count). The van der Waals surface area contributed by atoms with Crippen molar-refractivity contribution in [2.24, 2.45) is 17.3 Å². The van der Waals surface area contributed by atoms with Crippen molar-refractivity contribution < 1.29 is 45.5 Å². The van der Waals surface area contributed by atoms with Crippen molar-refractivity contribution in [1.82, 2.24) is 19.7 Å². The number of carbonyl (C=O) groups excluding carboxylic acids is 1. The first-order valence-corrected chi connectivity index (χ1v) is 19.1. The maximum Gasteiger partial charge on any atom is 0.433 e. The molecule has 1 N–H and O–H groups in total. The van der Waals surface area contributed by atoms with Crippen molar-refractivity contribution in [3.63, 3.8) is 0 Å². The zero-order valence-electron chi connectivity index (χ0n) is 27.7. The predicted molar refractivity (Wildman–Crippen MR) is 171 cm³/mol. The molecule has 1 fully saturated rings. The molecule has 4 unspecified atom stereocenters. The van der Waals surface area contributed by atoms with Gasteiger partial charge in [-0.2, -0.15) is 31.4 Å². The Labute approximate surface area is 287 Å². The molecule has 48 heavy (non-hydrogen) atoms. The lowest BCUT2D eigenvalue weighted by Crippen LogP contribution is -2.49. The van der Waals surface area contributed by atoms with Gasteiger partial charge in [0.05, 0.1) is 51.8 Å². The lowest BCUT2D eigenvalue weighted by atomic mass is 9.78. The van der Waals surface area contributed by atoms with Crippen LogP contribution in [0.25, 0.3) is 0 Å². The molecule has 1 amide bonds. The van der Waals surface area contributed by atoms with E-state index in [2.05, 4.69) is 10.1 Å². The molecule has 0 aromatic carbocycles. The third-order valence-corrected chi connectivity index (χ3v) is 14.9. The Balaban J connectivity index is 2.19. The quantitative estimate of drug-likeness (QED) is 0.162. The van der Waals surface area contributed by atoms with E-state index in [-0.39, 0.29) is 34.9 Å². The summed E-state index contributed by atoms with van der Waals surface area (Å²) in [4.78, 5) is 30.5. The summed E-state index contributed by atoms with van der Waals surface area (Å²) in [5, 5.41) is 13.5. The summed E-state index contributed by atoms with van der Waals surface area (Å²) >= 11 is 13.0. The first-order chi connectivity index (χ1) is 22.1. The summed E-state index contributed by atoms with van der Waals surface area (Å²) in [7, 11) is -2.60. The Morgan fingerprint density at radius 2 is 1.60 bits per heavy atom. The number of pyridine rings is 1. The number of hydrogen-bond acceptors (Lipinski definition) is 5. The third-order valence-electron chi connectivity index (χ3n) is 9.66. The standard InChI is InChI=1S/C31H42Cl2F6N4O4Si/c1-7-48(8-2,9-3)47-24(25-22(32)14-40-15-23(25)33)16-42(17-29(5,6)31(37,38)39)27(44)21-13-41-43(26(21)30(34,35)36)19-10-11-20(28(45)46)18(4)12-19/h13-15,18-20,24H,7-12,16-17H2,1-6H3,(H,45,46). The van der Waals surface area contributed by atoms with Crippen LogP contribution in [-0.2, 0) is 15.4 Å². The van der Waals surface area contributed by atoms with Gasteiger partial charge >= 0.3 is 18.3 Å². The minimum atomic E-state index is -5.12. The van der Waals surface area contributed by atoms with Crippen LogP contribution in [0.5, 0.6) is 0 Å². The monoisotopic (exact) mass is 746 g/mol. The van der Waals surface area contributed by atoms with E-state index in [1.165, 1.54) is 12.4 Å². The molecule has 0 radical (unpaired) electrons. The molecule has 8 nitrogen and oxygen atoms in total. The maximum atomic E-state index is 14.8. The second-order valence-corrected chi connectivity index (χ2v) is 18.7. The fourth-order valence-electron chi connectivity index (χ4n) is 6.41. The molecule has 1 aliphatic carbocycles. The smallest absolute Gasteiger partial charge is 0.433 e. The number of hydrogen-bond donors (Lipinski definition) is 1. The fraction of sp³-hybridized carbons (Fsp3) is 0.677. The Morgan fingerprint density at radius 1 is 1.04 bits per heavy atom. The average Bonchev–Trinajstić information content (AvgIpc) is 3.44. The van der Waals surface area contributed by atoms with Crippen LogP contribution in [0.1, 0.15) is 94.6 Å². The molecule has 2 aromatic heterocycles. The van der Waals surface area contributed by atoms with E-state index in [9.17, 15) is 41.0 Å². The van der Waals surface area contributed by atoms with Gasteiger partial charge in [-0.15, -0.1) is 0 Å². The van der Waals surface area contributed by atoms with E-state index < -0.39 is 86.3 Å². The summed E-state index contributed by atoms with van der Waals surface area (Å²) in [5.74, 6) is -3.61. The molecule has 1 aliphatic rings. The molecule has 17 heteroatoms. The van der Waals surface area contributed by atoms with Crippen LogP contribution in [-0.4, -0.2) is 64.2 Å². The second kappa shape index (κ2) is 15.3. The molecule has 2 heterocycles. The van der Waals surface area contributed by atoms with Gasteiger partial charge in [0.2, 0.25) is 0 Å². The van der Waals surface area contributed by atoms with Crippen molar-refractivity contribution in [1.29, 1.82) is 0 Å². The molecule has 0 spiro atoms. The molecule has 270 valence electrons. The summed E-state index contributed by atoms with van der Waals surface area (Å²) in [6, 6.07) is 0.926. The van der Waals surface area contributed by atoms with Gasteiger partial charge in [-0.05, 0) is 57.2 Å². The predicted octanol–water partition coefficient (Wildman–Crippen LogP) is 9.46. The van der Waals surface area contributed by atoms with Crippen molar-refractivity contribution in [3.05, 3.63) is 45.5 Å². The maximum absolute atomic E-state index is 14.8. The third kappa shape index (κ3) is 8.67. The van der Waals surface area contributed by atoms with Crippen LogP contribution in [0.15, 0.2) is 18.6 Å². The van der Waals surface area contributed by atoms with Gasteiger partial charge in [0.25, 0.3) is 5.91 Å². The van der Waals surface area contributed by atoms with Crippen LogP contribution in [0.3, 0.4) is 0 Å². The normalized spacial score (nSPS) is 20.1. The highest BCUT2D eigenvalue weighted by Crippen LogP contribution is 2.44. The Kier molecular flexibility index (Phi) is 12.7. The van der Waals surface area contributed by atoms with Gasteiger partial charge in [0.1, 0.15) is 0 Å². The number of halogens is 8. The van der Waals surface area contributed by atoms with E-state index in [1.54, 1.807) is 6.92 Å². The number of aliphatic carboxylic acids is 1. The summed E-state index contributed by atoms with van der Waals surface area (Å²) in [6.07, 6.45) is -7.70. The van der Waals surface area contributed by atoms with Crippen molar-refractivity contribution in [3.8, 4) is 0 Å². The highest BCUT2D eigenvalue weighted by molar-refractivity contribution is 6.73. The molecule has 2 aromatic rings. The molecular weight excluding hydrogens is 705 g/mol. The number of nitrogens with zero attached hydrogens (tertiary/aromatic N) is 4. The Bertz CT molecular complexity index is 1420. The number of carboxylic acids is 1. The van der Waals surface area contributed by atoms with Crippen LogP contribution in [0.2, 0.25) is 28.2 Å². The lowest BCUT2D eigenvalue weighted by Gasteiger charge is -2.39. The number of amides is 1. The highest BCUT2D eigenvalue weighted by Gasteiger charge is 2.51. The Morgan fingerprint density at radius 3 is 2.06 bits per heavy atom. The SMILES string of the molecule is CC[Si](CC)(CC)OC(CN(CC(C)(C)C(F)(F)F)C(=O)c1cnn(C2CCC(C(=O)O)C(C)C2)c1C(F)(F)F)c1c(Cl)cncc1Cl. The topological polar surface area (TPSA) is 97.6 Å². The van der Waals surface area contributed by atoms with E-state index in [0.29, 0.717) is 27.7 Å². The largest absolute Gasteiger partial charge is 0.481 e. The van der Waals surface area contributed by atoms with E-state index >= 15 is 0 Å². The summed E-state index contributed by atoms with van der Waals surface area (Å²) in [6.45, 7) is 7.46. The van der Waals surface area contributed by atoms with Crippen LogP contribution in [0, 0.1) is 17.3 Å². The van der Waals surface area contributed by atoms with Gasteiger partial charge in [-0.25, -0.2) is 0 Å². The van der Waals surface area contributed by atoms with Gasteiger partial charge in [0, 0.05) is 24.5 Å². The molecular formula is C31H42Cl2F6N4O4Si. The van der Waals surface area contributed by atoms with Gasteiger partial charge < -0.3 is 14.4 Å². The molecule has 0 bridgehead atoms. The number of carbonyl (C=O) groups is 2. The van der Waals surface area contributed by atoms with E-state index in [4.69, 9.17) is 27.6 Å². The van der Waals surface area contributed by atoms with Crippen molar-refractivity contribution in [2.75, 3.05) is 13.1 Å². The lowest BCUT2D eigenvalue weighted by molar-refractivity contribution is -0.215. The number of aromatic nitrogens is 3. The Hall–Kier alpha value is -2.36. The van der Waals surface area contributed by atoms with E-state index in [0.717, 1.165) is 20.0 Å². The minimum Gasteiger partial charge on any atom is -0.481 e. The second-order valence-electron chi connectivity index (χ2n) is 13.2. The van der Waals surface area contributed by atoms with Gasteiger partial charge in [-0.3, -0.25) is 19.3 Å². The highest BCUT2D eigenvalue weighted by atomic mass is 35.5. The number of rotatable bonds is 13.